The van der Waals surface area contributed by atoms with Gasteiger partial charge in [0.25, 0.3) is 5.91 Å². The molecule has 62 heavy (non-hydrogen) atoms. The highest BCUT2D eigenvalue weighted by atomic mass is 16.5. The van der Waals surface area contributed by atoms with Crippen LogP contribution in [0, 0.1) is 5.41 Å². The highest BCUT2D eigenvalue weighted by Gasteiger charge is 2.25. The Labute approximate surface area is 365 Å². The minimum Gasteiger partial charge on any atom is -0.379 e. The lowest BCUT2D eigenvalue weighted by Crippen LogP contribution is -2.55. The minimum absolute atomic E-state index is 0.0184. The normalized spacial score (nSPS) is 13.2. The van der Waals surface area contributed by atoms with E-state index in [1.807, 2.05) is 55.4 Å². The molecule has 3 rings (SSSR count). The number of pyridine rings is 1. The van der Waals surface area contributed by atoms with Gasteiger partial charge in [0.15, 0.2) is 0 Å². The average Bonchev–Trinajstić information content (AvgIpc) is 3.22. The van der Waals surface area contributed by atoms with Gasteiger partial charge in [-0.05, 0) is 38.3 Å². The summed E-state index contributed by atoms with van der Waals surface area (Å²) < 4.78 is 16.6. The molecular weight excluding hydrogens is 797 g/mol. The predicted molar refractivity (Wildman–Crippen MR) is 234 cm³/mol. The highest BCUT2D eigenvalue weighted by molar-refractivity contribution is 5.96. The Morgan fingerprint density at radius 2 is 1.06 bits per heavy atom. The Bertz CT molecular complexity index is 1930. The summed E-state index contributed by atoms with van der Waals surface area (Å²) in [6, 6.07) is 0.792. The van der Waals surface area contributed by atoms with Crippen molar-refractivity contribution >= 4 is 29.5 Å². The lowest BCUT2D eigenvalue weighted by molar-refractivity contribution is -0.133. The fourth-order valence-corrected chi connectivity index (χ4v) is 5.31. The van der Waals surface area contributed by atoms with Crippen LogP contribution in [0.2, 0.25) is 0 Å². The van der Waals surface area contributed by atoms with Crippen LogP contribution >= 0.6 is 0 Å². The van der Waals surface area contributed by atoms with E-state index in [0.717, 1.165) is 0 Å². The molecule has 3 aromatic rings. The zero-order valence-corrected chi connectivity index (χ0v) is 38.1. The monoisotopic (exact) mass is 863 g/mol. The van der Waals surface area contributed by atoms with Crippen LogP contribution in [0.15, 0.2) is 36.9 Å². The zero-order chi connectivity index (χ0) is 46.0. The Morgan fingerprint density at radius 3 is 1.56 bits per heavy atom. The van der Waals surface area contributed by atoms with Crippen molar-refractivity contribution in [2.24, 2.45) is 5.41 Å². The molecule has 0 aliphatic carbocycles. The van der Waals surface area contributed by atoms with Gasteiger partial charge in [-0.1, -0.05) is 55.4 Å². The molecule has 18 nitrogen and oxygen atoms in total. The molecule has 0 aliphatic heterocycles. The van der Waals surface area contributed by atoms with Crippen LogP contribution in [-0.2, 0) is 38.8 Å². The number of amides is 5. The highest BCUT2D eigenvalue weighted by Crippen LogP contribution is 2.26. The van der Waals surface area contributed by atoms with Gasteiger partial charge >= 0.3 is 0 Å². The van der Waals surface area contributed by atoms with Gasteiger partial charge in [-0.3, -0.25) is 24.0 Å². The molecule has 0 aromatic carbocycles. The molecule has 0 radical (unpaired) electrons. The number of aromatic nitrogens is 5. The Balaban J connectivity index is 1.32. The Hall–Kier alpha value is -5.46. The second-order valence-electron chi connectivity index (χ2n) is 17.5. The third-order valence-corrected chi connectivity index (χ3v) is 9.01. The van der Waals surface area contributed by atoms with Crippen LogP contribution < -0.4 is 26.6 Å². The number of nitrogens with one attached hydrogen (secondary N) is 5. The van der Waals surface area contributed by atoms with Crippen LogP contribution in [0.1, 0.15) is 111 Å². The SMILES string of the molecule is CC(C)c1ncc(-c2cc(C(=O)NCCOCCOCCOCCC(=O)N[C@@H](C)C(=O)N[C@@H](C)C(=O)N[C@@H](C)C(=O)NCC(C)(C)C)cc(-c3cnc(C(C)(C)C)nc3)n2)cn1. The van der Waals surface area contributed by atoms with Crippen molar-refractivity contribution in [1.29, 1.82) is 0 Å². The van der Waals surface area contributed by atoms with Gasteiger partial charge < -0.3 is 40.8 Å². The van der Waals surface area contributed by atoms with Gasteiger partial charge in [0.05, 0.1) is 51.0 Å². The third kappa shape index (κ3) is 17.9. The molecule has 3 atom stereocenters. The standard InChI is InChI=1S/C44H66N10O8/c1-27(2)37-46-22-32(23-47-37)34-20-31(21-35(54-34)33-24-48-42(49-25-33)44(9,10)11)41(59)45-13-15-61-17-19-62-18-16-60-14-12-36(55)51-29(4)39(57)53-30(5)40(58)52-28(3)38(56)50-26-43(6,7)8/h20-25,27-30H,12-19,26H2,1-11H3,(H,45,59)(H,50,56)(H,51,55)(H,52,58)(H,53,57)/t28-,29-,30-/m0/s1. The summed E-state index contributed by atoms with van der Waals surface area (Å²) >= 11 is 0. The second-order valence-corrected chi connectivity index (χ2v) is 17.5. The Morgan fingerprint density at radius 1 is 0.597 bits per heavy atom. The van der Waals surface area contributed by atoms with Crippen molar-refractivity contribution in [1.82, 2.24) is 51.5 Å². The average molecular weight is 863 g/mol. The van der Waals surface area contributed by atoms with E-state index >= 15 is 0 Å². The van der Waals surface area contributed by atoms with Crippen molar-refractivity contribution in [2.75, 3.05) is 52.7 Å². The third-order valence-electron chi connectivity index (χ3n) is 9.01. The molecule has 5 N–H and O–H groups in total. The number of carbonyl (C=O) groups is 5. The molecular formula is C44H66N10O8. The van der Waals surface area contributed by atoms with Gasteiger partial charge in [0, 0.05) is 72.3 Å². The predicted octanol–water partition coefficient (Wildman–Crippen LogP) is 3.26. The minimum atomic E-state index is -0.926. The molecule has 0 aliphatic rings. The molecule has 0 fully saturated rings. The maximum atomic E-state index is 13.3. The number of nitrogens with zero attached hydrogens (tertiary/aromatic N) is 5. The first-order chi connectivity index (χ1) is 29.1. The van der Waals surface area contributed by atoms with E-state index in [-0.39, 0.29) is 68.0 Å². The van der Waals surface area contributed by atoms with Gasteiger partial charge in [0.2, 0.25) is 23.6 Å². The summed E-state index contributed by atoms with van der Waals surface area (Å²) in [7, 11) is 0. The molecule has 0 saturated heterocycles. The maximum Gasteiger partial charge on any atom is 0.251 e. The quantitative estimate of drug-likeness (QED) is 0.0863. The second kappa shape index (κ2) is 24.2. The number of carbonyl (C=O) groups excluding carboxylic acids is 5. The summed E-state index contributed by atoms with van der Waals surface area (Å²) in [6.07, 6.45) is 6.85. The molecule has 0 saturated carbocycles. The number of ether oxygens (including phenoxy) is 3. The molecule has 3 aromatic heterocycles. The first-order valence-electron chi connectivity index (χ1n) is 21.0. The number of hydrogen-bond acceptors (Lipinski definition) is 13. The largest absolute Gasteiger partial charge is 0.379 e. The lowest BCUT2D eigenvalue weighted by atomic mass is 9.95. The van der Waals surface area contributed by atoms with E-state index in [9.17, 15) is 24.0 Å². The van der Waals surface area contributed by atoms with Crippen molar-refractivity contribution in [3.05, 3.63) is 54.1 Å². The first-order valence-corrected chi connectivity index (χ1v) is 21.0. The van der Waals surface area contributed by atoms with E-state index in [1.165, 1.54) is 13.8 Å². The van der Waals surface area contributed by atoms with Crippen molar-refractivity contribution in [3.63, 3.8) is 0 Å². The van der Waals surface area contributed by atoms with Crippen LogP contribution in [-0.4, -0.2) is 125 Å². The smallest absolute Gasteiger partial charge is 0.251 e. The van der Waals surface area contributed by atoms with Crippen LogP contribution in [0.4, 0.5) is 0 Å². The fraction of sp³-hybridized carbons (Fsp3) is 0.591. The van der Waals surface area contributed by atoms with Gasteiger partial charge in [-0.25, -0.2) is 24.9 Å². The van der Waals surface area contributed by atoms with E-state index in [2.05, 4.69) is 46.5 Å². The van der Waals surface area contributed by atoms with Crippen LogP contribution in [0.5, 0.6) is 0 Å². The van der Waals surface area contributed by atoms with Crippen LogP contribution in [0.25, 0.3) is 22.5 Å². The molecule has 0 spiro atoms. The molecule has 18 heteroatoms. The molecule has 0 unspecified atom stereocenters. The van der Waals surface area contributed by atoms with Crippen molar-refractivity contribution in [2.45, 2.75) is 112 Å². The summed E-state index contributed by atoms with van der Waals surface area (Å²) in [5.74, 6) is -0.517. The van der Waals surface area contributed by atoms with Crippen molar-refractivity contribution < 1.29 is 38.2 Å². The fourth-order valence-electron chi connectivity index (χ4n) is 5.31. The number of rotatable bonds is 23. The lowest BCUT2D eigenvalue weighted by Gasteiger charge is -2.22. The van der Waals surface area contributed by atoms with E-state index in [4.69, 9.17) is 19.2 Å². The first kappa shape index (κ1) is 50.9. The van der Waals surface area contributed by atoms with Gasteiger partial charge in [0.1, 0.15) is 29.8 Å². The molecule has 0 bridgehead atoms. The van der Waals surface area contributed by atoms with Crippen molar-refractivity contribution in [3.8, 4) is 22.5 Å². The summed E-state index contributed by atoms with van der Waals surface area (Å²) in [6.45, 7) is 22.9. The number of hydrogen-bond donors (Lipinski definition) is 5. The Kier molecular flexibility index (Phi) is 19.9. The molecule has 5 amide bonds. The van der Waals surface area contributed by atoms with E-state index in [0.29, 0.717) is 59.5 Å². The van der Waals surface area contributed by atoms with Crippen LogP contribution in [0.3, 0.4) is 0 Å². The summed E-state index contributed by atoms with van der Waals surface area (Å²) in [5.41, 5.74) is 2.49. The molecule has 340 valence electrons. The summed E-state index contributed by atoms with van der Waals surface area (Å²) in [5, 5.41) is 13.4. The topological polar surface area (TPSA) is 238 Å². The zero-order valence-electron chi connectivity index (χ0n) is 38.1. The van der Waals surface area contributed by atoms with Gasteiger partial charge in [-0.15, -0.1) is 0 Å². The van der Waals surface area contributed by atoms with E-state index in [1.54, 1.807) is 43.8 Å². The summed E-state index contributed by atoms with van der Waals surface area (Å²) in [4.78, 5) is 85.8. The van der Waals surface area contributed by atoms with E-state index < -0.39 is 35.8 Å². The molecule has 3 heterocycles. The maximum absolute atomic E-state index is 13.3. The van der Waals surface area contributed by atoms with Gasteiger partial charge in [-0.2, -0.15) is 0 Å².